The van der Waals surface area contributed by atoms with Crippen molar-refractivity contribution in [1.29, 1.82) is 0 Å². The number of halogens is 1. The molecule has 5 heteroatoms. The van der Waals surface area contributed by atoms with Gasteiger partial charge in [-0.05, 0) is 61.0 Å². The molecule has 3 aromatic rings. The van der Waals surface area contributed by atoms with Crippen molar-refractivity contribution >= 4 is 11.8 Å². The summed E-state index contributed by atoms with van der Waals surface area (Å²) in [6.45, 7) is 3.12. The van der Waals surface area contributed by atoms with Gasteiger partial charge in [-0.15, -0.1) is 11.8 Å². The molecule has 1 atom stereocenters. The van der Waals surface area contributed by atoms with Crippen LogP contribution < -0.4 is 0 Å². The van der Waals surface area contributed by atoms with Crippen molar-refractivity contribution in [2.75, 3.05) is 19.3 Å². The number of aromatic nitrogens is 2. The van der Waals surface area contributed by atoms with E-state index >= 15 is 0 Å². The van der Waals surface area contributed by atoms with E-state index in [2.05, 4.69) is 45.6 Å². The Morgan fingerprint density at radius 1 is 1.15 bits per heavy atom. The highest BCUT2D eigenvalue weighted by molar-refractivity contribution is 7.98. The minimum absolute atomic E-state index is 0.208. The largest absolute Gasteiger partial charge is 0.298 e. The third-order valence-electron chi connectivity index (χ3n) is 5.30. The summed E-state index contributed by atoms with van der Waals surface area (Å²) < 4.78 is 13.3. The molecule has 1 N–H and O–H groups in total. The Kier molecular flexibility index (Phi) is 5.60. The molecule has 1 aliphatic rings. The molecule has 1 aliphatic heterocycles. The molecule has 3 nitrogen and oxygen atoms in total. The highest BCUT2D eigenvalue weighted by Crippen LogP contribution is 2.33. The highest BCUT2D eigenvalue weighted by atomic mass is 32.2. The number of benzene rings is 2. The van der Waals surface area contributed by atoms with Gasteiger partial charge in [0.05, 0.1) is 6.20 Å². The van der Waals surface area contributed by atoms with Crippen LogP contribution in [0.25, 0.3) is 11.1 Å². The van der Waals surface area contributed by atoms with Gasteiger partial charge in [0.1, 0.15) is 5.82 Å². The summed E-state index contributed by atoms with van der Waals surface area (Å²) in [7, 11) is 0. The third kappa shape index (κ3) is 4.25. The minimum Gasteiger partial charge on any atom is -0.298 e. The Labute approximate surface area is 164 Å². The predicted octanol–water partition coefficient (Wildman–Crippen LogP) is 5.32. The molecule has 4 rings (SSSR count). The highest BCUT2D eigenvalue weighted by Gasteiger charge is 2.25. The van der Waals surface area contributed by atoms with Crippen LogP contribution in [0.1, 0.15) is 30.0 Å². The fraction of sp³-hybridized carbons (Fsp3) is 0.318. The van der Waals surface area contributed by atoms with E-state index in [0.717, 1.165) is 37.2 Å². The van der Waals surface area contributed by atoms with Crippen molar-refractivity contribution in [1.82, 2.24) is 15.1 Å². The Morgan fingerprint density at radius 2 is 1.93 bits per heavy atom. The molecule has 27 heavy (non-hydrogen) atoms. The van der Waals surface area contributed by atoms with Gasteiger partial charge >= 0.3 is 0 Å². The number of nitrogens with one attached hydrogen (secondary N) is 1. The van der Waals surface area contributed by atoms with Gasteiger partial charge in [0.25, 0.3) is 0 Å². The number of H-pyrrole nitrogens is 1. The first kappa shape index (κ1) is 18.3. The van der Waals surface area contributed by atoms with Crippen molar-refractivity contribution in [3.63, 3.8) is 0 Å². The van der Waals surface area contributed by atoms with E-state index in [4.69, 9.17) is 0 Å². The Balaban J connectivity index is 1.48. The summed E-state index contributed by atoms with van der Waals surface area (Å²) in [6.07, 6.45) is 6.30. The molecule has 0 amide bonds. The van der Waals surface area contributed by atoms with E-state index in [9.17, 15) is 4.39 Å². The first-order valence-corrected chi connectivity index (χ1v) is 10.6. The maximum Gasteiger partial charge on any atom is 0.123 e. The maximum atomic E-state index is 13.3. The van der Waals surface area contributed by atoms with Crippen LogP contribution in [0.2, 0.25) is 0 Å². The number of piperidine rings is 1. The van der Waals surface area contributed by atoms with E-state index in [1.54, 1.807) is 11.8 Å². The van der Waals surface area contributed by atoms with Crippen LogP contribution in [0.4, 0.5) is 4.39 Å². The molecule has 1 fully saturated rings. The van der Waals surface area contributed by atoms with Crippen LogP contribution in [0.3, 0.4) is 0 Å². The van der Waals surface area contributed by atoms with Gasteiger partial charge in [-0.2, -0.15) is 5.10 Å². The summed E-state index contributed by atoms with van der Waals surface area (Å²) in [6, 6.07) is 15.5. The third-order valence-corrected chi connectivity index (χ3v) is 6.05. The molecular formula is C22H24FN3S. The number of hydrogen-bond acceptors (Lipinski definition) is 3. The van der Waals surface area contributed by atoms with Gasteiger partial charge in [-0.3, -0.25) is 10.00 Å². The van der Waals surface area contributed by atoms with E-state index in [1.807, 2.05) is 18.3 Å². The van der Waals surface area contributed by atoms with Crippen LogP contribution in [0.5, 0.6) is 0 Å². The zero-order chi connectivity index (χ0) is 18.6. The second-order valence-electron chi connectivity index (χ2n) is 7.13. The van der Waals surface area contributed by atoms with Crippen molar-refractivity contribution in [2.45, 2.75) is 30.2 Å². The Hall–Kier alpha value is -2.11. The second kappa shape index (κ2) is 8.28. The minimum atomic E-state index is -0.208. The molecule has 1 saturated heterocycles. The summed E-state index contributed by atoms with van der Waals surface area (Å²) >= 11 is 1.77. The molecule has 0 unspecified atom stereocenters. The lowest BCUT2D eigenvalue weighted by Crippen LogP contribution is -2.34. The lowest BCUT2D eigenvalue weighted by atomic mass is 9.90. The van der Waals surface area contributed by atoms with E-state index in [-0.39, 0.29) is 5.82 Å². The molecule has 2 heterocycles. The standard InChI is InChI=1S/C22H24FN3S/c1-27-20-10-4-16(5-11-20)14-26-12-2-3-18(15-26)22-21(13-24-25-22)17-6-8-19(23)9-7-17/h4-11,13,18H,2-3,12,14-15H2,1H3,(H,24,25)/t18-/m0/s1. The zero-order valence-corrected chi connectivity index (χ0v) is 16.3. The first-order valence-electron chi connectivity index (χ1n) is 9.37. The van der Waals surface area contributed by atoms with E-state index in [1.165, 1.54) is 34.7 Å². The lowest BCUT2D eigenvalue weighted by Gasteiger charge is -2.32. The summed E-state index contributed by atoms with van der Waals surface area (Å²) in [5.41, 5.74) is 4.64. The molecular weight excluding hydrogens is 357 g/mol. The number of aromatic amines is 1. The van der Waals surface area contributed by atoms with Crippen LogP contribution >= 0.6 is 11.8 Å². The SMILES string of the molecule is CSc1ccc(CN2CCC[C@H](c3[nH]ncc3-c3ccc(F)cc3)C2)cc1. The van der Waals surface area contributed by atoms with Gasteiger partial charge in [0.15, 0.2) is 0 Å². The van der Waals surface area contributed by atoms with Crippen molar-refractivity contribution in [3.8, 4) is 11.1 Å². The van der Waals surface area contributed by atoms with Gasteiger partial charge in [-0.25, -0.2) is 4.39 Å². The van der Waals surface area contributed by atoms with Gasteiger partial charge in [0, 0.05) is 35.2 Å². The average Bonchev–Trinajstić information content (AvgIpc) is 3.19. The van der Waals surface area contributed by atoms with E-state index < -0.39 is 0 Å². The lowest BCUT2D eigenvalue weighted by molar-refractivity contribution is 0.198. The van der Waals surface area contributed by atoms with Crippen LogP contribution in [0.15, 0.2) is 59.6 Å². The Bertz CT molecular complexity index is 873. The van der Waals surface area contributed by atoms with E-state index in [0.29, 0.717) is 5.92 Å². The van der Waals surface area contributed by atoms with Crippen LogP contribution in [-0.2, 0) is 6.54 Å². The number of likely N-dealkylation sites (tertiary alicyclic amines) is 1. The number of rotatable bonds is 5. The van der Waals surface area contributed by atoms with Crippen LogP contribution in [0, 0.1) is 5.82 Å². The van der Waals surface area contributed by atoms with Crippen LogP contribution in [-0.4, -0.2) is 34.4 Å². The number of thioether (sulfide) groups is 1. The fourth-order valence-corrected chi connectivity index (χ4v) is 4.30. The molecule has 0 radical (unpaired) electrons. The molecule has 0 bridgehead atoms. The summed E-state index contributed by atoms with van der Waals surface area (Å²) in [4.78, 5) is 3.83. The second-order valence-corrected chi connectivity index (χ2v) is 8.01. The fourth-order valence-electron chi connectivity index (χ4n) is 3.89. The quantitative estimate of drug-likeness (QED) is 0.607. The summed E-state index contributed by atoms with van der Waals surface area (Å²) in [5.74, 6) is 0.215. The average molecular weight is 382 g/mol. The molecule has 0 spiro atoms. The van der Waals surface area contributed by atoms with Gasteiger partial charge < -0.3 is 0 Å². The number of hydrogen-bond donors (Lipinski definition) is 1. The van der Waals surface area contributed by atoms with Crippen molar-refractivity contribution < 1.29 is 4.39 Å². The molecule has 1 aromatic heterocycles. The van der Waals surface area contributed by atoms with Gasteiger partial charge in [0.2, 0.25) is 0 Å². The Morgan fingerprint density at radius 3 is 2.67 bits per heavy atom. The normalized spacial score (nSPS) is 17.9. The summed E-state index contributed by atoms with van der Waals surface area (Å²) in [5, 5.41) is 7.50. The van der Waals surface area contributed by atoms with Crippen molar-refractivity contribution in [2.24, 2.45) is 0 Å². The molecule has 0 aliphatic carbocycles. The molecule has 0 saturated carbocycles. The predicted molar refractivity (Wildman–Crippen MR) is 109 cm³/mol. The maximum absolute atomic E-state index is 13.3. The van der Waals surface area contributed by atoms with Crippen molar-refractivity contribution in [3.05, 3.63) is 71.8 Å². The number of nitrogens with zero attached hydrogens (tertiary/aromatic N) is 2. The first-order chi connectivity index (χ1) is 13.2. The molecule has 140 valence electrons. The molecule has 2 aromatic carbocycles. The van der Waals surface area contributed by atoms with Gasteiger partial charge in [-0.1, -0.05) is 24.3 Å². The monoisotopic (exact) mass is 381 g/mol. The zero-order valence-electron chi connectivity index (χ0n) is 15.5. The topological polar surface area (TPSA) is 31.9 Å². The smallest absolute Gasteiger partial charge is 0.123 e.